The monoisotopic (exact) mass is 738 g/mol. The van der Waals surface area contributed by atoms with E-state index in [1.807, 2.05) is 6.07 Å². The van der Waals surface area contributed by atoms with Crippen molar-refractivity contribution in [1.29, 1.82) is 5.26 Å². The molecular formula is C28H36N8O12P2. The van der Waals surface area contributed by atoms with Crippen LogP contribution in [-0.2, 0) is 41.3 Å². The van der Waals surface area contributed by atoms with Crippen LogP contribution in [0.5, 0.6) is 5.88 Å². The van der Waals surface area contributed by atoms with E-state index in [2.05, 4.69) is 30.2 Å². The lowest BCUT2D eigenvalue weighted by atomic mass is 10.0. The Morgan fingerprint density at radius 2 is 2.04 bits per heavy atom. The number of aromatic amines is 1. The summed E-state index contributed by atoms with van der Waals surface area (Å²) in [7, 11) is -9.22. The number of nitrogens with zero attached hydrogens (tertiary/aromatic N) is 6. The predicted octanol–water partition coefficient (Wildman–Crippen LogP) is 2.85. The van der Waals surface area contributed by atoms with E-state index in [-0.39, 0.29) is 55.5 Å². The molecule has 2 saturated heterocycles. The smallest absolute Gasteiger partial charge is 0.474 e. The number of rotatable bonds is 8. The number of carbonyl (C=O) groups is 1. The average Bonchev–Trinajstić information content (AvgIpc) is 3.74. The molecule has 2 bridgehead atoms. The van der Waals surface area contributed by atoms with Gasteiger partial charge >= 0.3 is 15.6 Å². The lowest BCUT2D eigenvalue weighted by molar-refractivity contribution is -0.118. The molecule has 9 atom stereocenters. The number of aromatic nitrogens is 6. The number of imidazole rings is 1. The van der Waals surface area contributed by atoms with Gasteiger partial charge < -0.3 is 14.4 Å². The number of H-pyrrole nitrogens is 1. The van der Waals surface area contributed by atoms with Crippen molar-refractivity contribution in [1.82, 2.24) is 29.5 Å². The molecule has 1 aliphatic carbocycles. The lowest BCUT2D eigenvalue weighted by Crippen LogP contribution is -2.29. The van der Waals surface area contributed by atoms with E-state index in [0.29, 0.717) is 0 Å². The molecule has 3 aromatic heterocycles. The van der Waals surface area contributed by atoms with Crippen molar-refractivity contribution in [3.05, 3.63) is 35.3 Å². The van der Waals surface area contributed by atoms with Crippen molar-refractivity contribution in [3.63, 3.8) is 0 Å². The summed E-state index contributed by atoms with van der Waals surface area (Å²) in [5.74, 6) is -2.02. The summed E-state index contributed by atoms with van der Waals surface area (Å²) >= 11 is 0. The maximum Gasteiger partial charge on any atom is 0.475 e. The van der Waals surface area contributed by atoms with Gasteiger partial charge in [-0.1, -0.05) is 20.8 Å². The molecule has 50 heavy (non-hydrogen) atoms. The van der Waals surface area contributed by atoms with E-state index in [9.17, 15) is 23.6 Å². The van der Waals surface area contributed by atoms with Crippen LogP contribution in [0, 0.1) is 29.1 Å². The summed E-state index contributed by atoms with van der Waals surface area (Å²) in [6.45, 7) is 3.92. The highest BCUT2D eigenvalue weighted by Gasteiger charge is 2.51. The van der Waals surface area contributed by atoms with E-state index in [1.54, 1.807) is 26.8 Å². The van der Waals surface area contributed by atoms with Gasteiger partial charge in [0.25, 0.3) is 5.56 Å². The average molecular weight is 739 g/mol. The molecule has 3 aliphatic rings. The molecule has 2 aliphatic heterocycles. The number of phosphoric acid groups is 2. The molecule has 20 nitrogen and oxygen atoms in total. The van der Waals surface area contributed by atoms with Crippen LogP contribution in [0.2, 0.25) is 0 Å². The van der Waals surface area contributed by atoms with Crippen LogP contribution < -0.4 is 15.6 Å². The molecular weight excluding hydrogens is 702 g/mol. The van der Waals surface area contributed by atoms with Crippen LogP contribution in [0.3, 0.4) is 0 Å². The molecule has 0 aromatic carbocycles. The van der Waals surface area contributed by atoms with Gasteiger partial charge in [-0.2, -0.15) is 10.2 Å². The molecule has 1 amide bonds. The Morgan fingerprint density at radius 1 is 1.22 bits per heavy atom. The summed E-state index contributed by atoms with van der Waals surface area (Å²) in [5.41, 5.74) is -0.763. The molecule has 5 heterocycles. The predicted molar refractivity (Wildman–Crippen MR) is 169 cm³/mol. The molecule has 3 fully saturated rings. The first-order valence-electron chi connectivity index (χ1n) is 15.8. The molecule has 1 saturated carbocycles. The fraction of sp³-hybridized carbons (Fsp3) is 0.607. The third-order valence-electron chi connectivity index (χ3n) is 8.43. The lowest BCUT2D eigenvalue weighted by Gasteiger charge is -2.28. The number of nitriles is 1. The van der Waals surface area contributed by atoms with Crippen LogP contribution in [0.15, 0.2) is 29.7 Å². The second kappa shape index (κ2) is 14.9. The number of fused-ring (bicyclic) bond motifs is 4. The largest absolute Gasteiger partial charge is 0.475 e. The number of anilines is 1. The first-order valence-corrected chi connectivity index (χ1v) is 18.8. The third-order valence-corrected chi connectivity index (χ3v) is 10.9. The van der Waals surface area contributed by atoms with Gasteiger partial charge in [0.15, 0.2) is 17.4 Å². The highest BCUT2D eigenvalue weighted by molar-refractivity contribution is 7.48. The number of carbonyl (C=O) groups excluding carboxylic acids is 1. The van der Waals surface area contributed by atoms with Crippen molar-refractivity contribution in [3.8, 4) is 11.9 Å². The van der Waals surface area contributed by atoms with Gasteiger partial charge in [-0.05, 0) is 6.42 Å². The van der Waals surface area contributed by atoms with Gasteiger partial charge in [-0.15, -0.1) is 0 Å². The normalized spacial score (nSPS) is 33.2. The molecule has 3 aromatic rings. The quantitative estimate of drug-likeness (QED) is 0.222. The summed E-state index contributed by atoms with van der Waals surface area (Å²) < 4.78 is 69.7. The number of ether oxygens (including phenoxy) is 2. The van der Waals surface area contributed by atoms with Gasteiger partial charge in [-0.25, -0.2) is 24.1 Å². The second-order valence-corrected chi connectivity index (χ2v) is 15.3. The molecule has 270 valence electrons. The van der Waals surface area contributed by atoms with Crippen molar-refractivity contribution in [2.45, 2.75) is 70.7 Å². The summed E-state index contributed by atoms with van der Waals surface area (Å²) in [4.78, 5) is 55.0. The zero-order chi connectivity index (χ0) is 35.6. The SMILES string of the molecule is CC(C)C(=O)Nc1nc2c(ncn2[C@@H]2O[C@@H]3COP(=O)(O)O[C@H]4C[C@H](Oc5ccncn5)C[C@@H]4COP(=O)(OCCC#N)O[C@@H]2[C@@H]3C)c(=O)[nH]1. The first kappa shape index (κ1) is 36.2. The Hall–Kier alpha value is -3.63. The fourth-order valence-electron chi connectivity index (χ4n) is 5.81. The molecule has 2 unspecified atom stereocenters. The Kier molecular flexibility index (Phi) is 10.8. The van der Waals surface area contributed by atoms with Gasteiger partial charge in [0, 0.05) is 36.4 Å². The molecule has 3 N–H and O–H groups in total. The number of amides is 1. The van der Waals surface area contributed by atoms with Crippen LogP contribution in [0.4, 0.5) is 5.95 Å². The van der Waals surface area contributed by atoms with E-state index in [4.69, 9.17) is 37.4 Å². The molecule has 0 spiro atoms. The number of hydrogen-bond donors (Lipinski definition) is 3. The molecule has 22 heteroatoms. The maximum atomic E-state index is 14.3. The minimum Gasteiger partial charge on any atom is -0.474 e. The van der Waals surface area contributed by atoms with Crippen molar-refractivity contribution in [2.24, 2.45) is 17.8 Å². The molecule has 0 radical (unpaired) electrons. The third kappa shape index (κ3) is 8.12. The Morgan fingerprint density at radius 3 is 2.78 bits per heavy atom. The number of nitrogens with one attached hydrogen (secondary N) is 2. The zero-order valence-electron chi connectivity index (χ0n) is 27.2. The molecule has 6 rings (SSSR count). The minimum atomic E-state index is -4.71. The Labute approximate surface area is 285 Å². The van der Waals surface area contributed by atoms with E-state index < -0.39 is 82.1 Å². The summed E-state index contributed by atoms with van der Waals surface area (Å²) in [5, 5.41) is 11.7. The van der Waals surface area contributed by atoms with Gasteiger partial charge in [0.05, 0.1) is 50.8 Å². The van der Waals surface area contributed by atoms with Crippen LogP contribution in [0.1, 0.15) is 46.3 Å². The van der Waals surface area contributed by atoms with Gasteiger partial charge in [-0.3, -0.25) is 47.1 Å². The van der Waals surface area contributed by atoms with Crippen molar-refractivity contribution < 1.29 is 50.9 Å². The zero-order valence-corrected chi connectivity index (χ0v) is 29.0. The summed E-state index contributed by atoms with van der Waals surface area (Å²) in [6.07, 6.45) is -0.470. The highest BCUT2D eigenvalue weighted by Crippen LogP contribution is 2.57. The number of phosphoric ester groups is 2. The van der Waals surface area contributed by atoms with E-state index >= 15 is 0 Å². The standard InChI is InChI=1S/C28H36N8O12P2/c1-15(2)25(37)34-28-33-24-22(26(38)35-28)32-14-36(24)27-23-16(3)20(46-27)12-43-49(39,40)47-19-10-18(45-21-5-7-30-13-31-21)9-17(19)11-44-50(41,48-23)42-8-4-6-29/h5,7,13-20,23,27H,4,8-12H2,1-3H3,(H,39,40)(H2,33,34,35,37,38)/t16-,17-,18-,19+,20-,23-,27-,50?/m1/s1. The summed E-state index contributed by atoms with van der Waals surface area (Å²) in [6, 6.07) is 3.47. The topological polar surface area (TPSA) is 261 Å². The maximum absolute atomic E-state index is 14.3. The van der Waals surface area contributed by atoms with Crippen LogP contribution in [-0.4, -0.2) is 84.5 Å². The van der Waals surface area contributed by atoms with Gasteiger partial charge in [0.2, 0.25) is 17.7 Å². The van der Waals surface area contributed by atoms with Crippen LogP contribution in [0.25, 0.3) is 11.2 Å². The Bertz CT molecular complexity index is 1890. The first-order chi connectivity index (χ1) is 23.8. The van der Waals surface area contributed by atoms with Crippen LogP contribution >= 0.6 is 15.6 Å². The minimum absolute atomic E-state index is 0.0119. The van der Waals surface area contributed by atoms with Crippen molar-refractivity contribution in [2.75, 3.05) is 25.1 Å². The van der Waals surface area contributed by atoms with E-state index in [0.717, 1.165) is 0 Å². The van der Waals surface area contributed by atoms with Gasteiger partial charge in [0.1, 0.15) is 18.5 Å². The highest BCUT2D eigenvalue weighted by atomic mass is 31.2. The van der Waals surface area contributed by atoms with E-state index in [1.165, 1.54) is 23.4 Å². The Balaban J connectivity index is 1.32. The van der Waals surface area contributed by atoms with Crippen molar-refractivity contribution >= 4 is 38.7 Å². The second-order valence-electron chi connectivity index (χ2n) is 12.3. The number of hydrogen-bond acceptors (Lipinski definition) is 16. The fourth-order valence-corrected chi connectivity index (χ4v) is 8.29.